The molecular weight excluding hydrogens is 295 g/mol. The largest absolute Gasteiger partial charge is 0.378 e. The minimum atomic E-state index is -0.373. The van der Waals surface area contributed by atoms with Gasteiger partial charge in [-0.1, -0.05) is 6.07 Å². The molecule has 1 heterocycles. The standard InChI is InChI=1S/C17H23FN4O/c1-3-23-15-6-8-22(9-7-15)17(20-2)21-12-14-5-4-13(11-19)10-16(14)18/h4-5,10,15H,3,6-9,12H2,1-2H3,(H,20,21). The molecule has 0 radical (unpaired) electrons. The summed E-state index contributed by atoms with van der Waals surface area (Å²) < 4.78 is 19.6. The number of hydrogen-bond acceptors (Lipinski definition) is 3. The molecule has 0 unspecified atom stereocenters. The van der Waals surface area contributed by atoms with Gasteiger partial charge in [-0.3, -0.25) is 4.99 Å². The zero-order valence-corrected chi connectivity index (χ0v) is 13.7. The molecule has 2 rings (SSSR count). The Morgan fingerprint density at radius 2 is 2.22 bits per heavy atom. The van der Waals surface area contributed by atoms with Crippen LogP contribution in [0.3, 0.4) is 0 Å². The molecule has 1 aromatic rings. The topological polar surface area (TPSA) is 60.6 Å². The van der Waals surface area contributed by atoms with E-state index in [1.165, 1.54) is 6.07 Å². The number of rotatable bonds is 4. The molecule has 1 aliphatic heterocycles. The van der Waals surface area contributed by atoms with Crippen LogP contribution in [-0.4, -0.2) is 43.7 Å². The molecular formula is C17H23FN4O. The maximum absolute atomic E-state index is 13.9. The summed E-state index contributed by atoms with van der Waals surface area (Å²) in [7, 11) is 1.73. The molecule has 0 atom stereocenters. The highest BCUT2D eigenvalue weighted by atomic mass is 19.1. The fourth-order valence-corrected chi connectivity index (χ4v) is 2.74. The van der Waals surface area contributed by atoms with Crippen LogP contribution in [0.1, 0.15) is 30.9 Å². The molecule has 5 nitrogen and oxygen atoms in total. The number of nitriles is 1. The van der Waals surface area contributed by atoms with Crippen molar-refractivity contribution in [3.8, 4) is 6.07 Å². The third-order valence-corrected chi connectivity index (χ3v) is 3.97. The van der Waals surface area contributed by atoms with E-state index in [1.54, 1.807) is 19.2 Å². The van der Waals surface area contributed by atoms with Crippen molar-refractivity contribution < 1.29 is 9.13 Å². The van der Waals surface area contributed by atoms with Gasteiger partial charge < -0.3 is 15.0 Å². The lowest BCUT2D eigenvalue weighted by Gasteiger charge is -2.34. The van der Waals surface area contributed by atoms with E-state index < -0.39 is 0 Å². The van der Waals surface area contributed by atoms with Crippen LogP contribution in [0.25, 0.3) is 0 Å². The first-order valence-electron chi connectivity index (χ1n) is 7.93. The molecule has 1 aromatic carbocycles. The molecule has 0 amide bonds. The zero-order chi connectivity index (χ0) is 16.7. The van der Waals surface area contributed by atoms with E-state index in [0.29, 0.717) is 23.8 Å². The van der Waals surface area contributed by atoms with E-state index >= 15 is 0 Å². The maximum atomic E-state index is 13.9. The third kappa shape index (κ3) is 4.67. The third-order valence-electron chi connectivity index (χ3n) is 3.97. The van der Waals surface area contributed by atoms with Gasteiger partial charge in [0, 0.05) is 38.9 Å². The molecule has 1 aliphatic rings. The van der Waals surface area contributed by atoms with Crippen molar-refractivity contribution >= 4 is 5.96 Å². The molecule has 0 saturated carbocycles. The molecule has 1 saturated heterocycles. The number of hydrogen-bond donors (Lipinski definition) is 1. The molecule has 1 fully saturated rings. The fraction of sp³-hybridized carbons (Fsp3) is 0.529. The number of guanidine groups is 1. The van der Waals surface area contributed by atoms with Crippen LogP contribution in [0, 0.1) is 17.1 Å². The summed E-state index contributed by atoms with van der Waals surface area (Å²) >= 11 is 0. The number of nitrogens with zero attached hydrogens (tertiary/aromatic N) is 3. The van der Waals surface area contributed by atoms with Crippen molar-refractivity contribution in [3.63, 3.8) is 0 Å². The van der Waals surface area contributed by atoms with Crippen molar-refractivity contribution in [1.82, 2.24) is 10.2 Å². The summed E-state index contributed by atoms with van der Waals surface area (Å²) in [6.45, 7) is 4.85. The smallest absolute Gasteiger partial charge is 0.193 e. The maximum Gasteiger partial charge on any atom is 0.193 e. The number of aliphatic imine (C=N–C) groups is 1. The summed E-state index contributed by atoms with van der Waals surface area (Å²) in [6, 6.07) is 6.45. The number of benzene rings is 1. The quantitative estimate of drug-likeness (QED) is 0.683. The number of likely N-dealkylation sites (tertiary alicyclic amines) is 1. The Morgan fingerprint density at radius 3 is 2.78 bits per heavy atom. The monoisotopic (exact) mass is 318 g/mol. The summed E-state index contributed by atoms with van der Waals surface area (Å²) in [6.07, 6.45) is 2.27. The van der Waals surface area contributed by atoms with Crippen LogP contribution in [0.15, 0.2) is 23.2 Å². The van der Waals surface area contributed by atoms with E-state index in [9.17, 15) is 4.39 Å². The molecule has 0 aliphatic carbocycles. The molecule has 0 aromatic heterocycles. The molecule has 0 spiro atoms. The lowest BCUT2D eigenvalue weighted by molar-refractivity contribution is 0.0263. The summed E-state index contributed by atoms with van der Waals surface area (Å²) in [5.41, 5.74) is 0.850. The van der Waals surface area contributed by atoms with Crippen LogP contribution in [0.2, 0.25) is 0 Å². The predicted octanol–water partition coefficient (Wildman–Crippen LogP) is 2.27. The van der Waals surface area contributed by atoms with Crippen LogP contribution >= 0.6 is 0 Å². The van der Waals surface area contributed by atoms with Crippen molar-refractivity contribution in [1.29, 1.82) is 5.26 Å². The van der Waals surface area contributed by atoms with Crippen LogP contribution < -0.4 is 5.32 Å². The first kappa shape index (κ1) is 17.2. The van der Waals surface area contributed by atoms with E-state index in [1.807, 2.05) is 13.0 Å². The Labute approximate surface area is 136 Å². The lowest BCUT2D eigenvalue weighted by Crippen LogP contribution is -2.46. The molecule has 6 heteroatoms. The van der Waals surface area contributed by atoms with E-state index in [0.717, 1.165) is 38.5 Å². The molecule has 23 heavy (non-hydrogen) atoms. The SMILES string of the molecule is CCOC1CCN(C(=NC)NCc2ccc(C#N)cc2F)CC1. The van der Waals surface area contributed by atoms with E-state index in [4.69, 9.17) is 10.00 Å². The van der Waals surface area contributed by atoms with Gasteiger partial charge in [0.25, 0.3) is 0 Å². The van der Waals surface area contributed by atoms with Gasteiger partial charge in [-0.2, -0.15) is 5.26 Å². The second-order valence-electron chi connectivity index (χ2n) is 5.46. The Bertz CT molecular complexity index is 589. The number of halogens is 1. The average molecular weight is 318 g/mol. The number of ether oxygens (including phenoxy) is 1. The molecule has 124 valence electrons. The number of piperidine rings is 1. The van der Waals surface area contributed by atoms with Crippen LogP contribution in [0.5, 0.6) is 0 Å². The molecule has 0 bridgehead atoms. The first-order chi connectivity index (χ1) is 11.2. The summed E-state index contributed by atoms with van der Waals surface area (Å²) in [5.74, 6) is 0.394. The van der Waals surface area contributed by atoms with Crippen LogP contribution in [-0.2, 0) is 11.3 Å². The fourth-order valence-electron chi connectivity index (χ4n) is 2.74. The van der Waals surface area contributed by atoms with E-state index in [-0.39, 0.29) is 5.82 Å². The Hall–Kier alpha value is -2.13. The second kappa shape index (κ2) is 8.49. The van der Waals surface area contributed by atoms with Crippen molar-refractivity contribution in [3.05, 3.63) is 35.1 Å². The molecule has 1 N–H and O–H groups in total. The van der Waals surface area contributed by atoms with Crippen molar-refractivity contribution in [2.75, 3.05) is 26.7 Å². The highest BCUT2D eigenvalue weighted by Gasteiger charge is 2.21. The van der Waals surface area contributed by atoms with Gasteiger partial charge in [0.1, 0.15) is 5.82 Å². The summed E-state index contributed by atoms with van der Waals surface area (Å²) in [5, 5.41) is 12.0. The van der Waals surface area contributed by atoms with E-state index in [2.05, 4.69) is 15.2 Å². The van der Waals surface area contributed by atoms with Gasteiger partial charge in [0.05, 0.1) is 17.7 Å². The second-order valence-corrected chi connectivity index (χ2v) is 5.46. The van der Waals surface area contributed by atoms with Gasteiger partial charge in [-0.05, 0) is 31.9 Å². The average Bonchev–Trinajstić information content (AvgIpc) is 2.58. The normalized spacial score (nSPS) is 16.3. The zero-order valence-electron chi connectivity index (χ0n) is 13.7. The van der Waals surface area contributed by atoms with Gasteiger partial charge in [-0.25, -0.2) is 4.39 Å². The Balaban J connectivity index is 1.90. The Morgan fingerprint density at radius 1 is 1.48 bits per heavy atom. The summed E-state index contributed by atoms with van der Waals surface area (Å²) in [4.78, 5) is 6.44. The van der Waals surface area contributed by atoms with Gasteiger partial charge in [-0.15, -0.1) is 0 Å². The highest BCUT2D eigenvalue weighted by molar-refractivity contribution is 5.80. The Kier molecular flexibility index (Phi) is 6.36. The van der Waals surface area contributed by atoms with Gasteiger partial charge in [0.15, 0.2) is 5.96 Å². The minimum absolute atomic E-state index is 0.324. The van der Waals surface area contributed by atoms with Crippen molar-refractivity contribution in [2.45, 2.75) is 32.4 Å². The number of nitrogens with one attached hydrogen (secondary N) is 1. The highest BCUT2D eigenvalue weighted by Crippen LogP contribution is 2.14. The first-order valence-corrected chi connectivity index (χ1v) is 7.93. The van der Waals surface area contributed by atoms with Gasteiger partial charge in [0.2, 0.25) is 0 Å². The van der Waals surface area contributed by atoms with Crippen molar-refractivity contribution in [2.24, 2.45) is 4.99 Å². The van der Waals surface area contributed by atoms with Crippen LogP contribution in [0.4, 0.5) is 4.39 Å². The lowest BCUT2D eigenvalue weighted by atomic mass is 10.1. The van der Waals surface area contributed by atoms with Gasteiger partial charge >= 0.3 is 0 Å². The minimum Gasteiger partial charge on any atom is -0.378 e. The predicted molar refractivity (Wildman–Crippen MR) is 87.5 cm³/mol.